The second kappa shape index (κ2) is 7.05. The van der Waals surface area contributed by atoms with E-state index in [0.717, 1.165) is 13.5 Å². The lowest BCUT2D eigenvalue weighted by atomic mass is 10.2. The number of carbonyl (C=O) groups excluding carboxylic acids is 1. The lowest BCUT2D eigenvalue weighted by molar-refractivity contribution is -0.107. The number of rotatable bonds is 8. The summed E-state index contributed by atoms with van der Waals surface area (Å²) in [6, 6.07) is 0. The summed E-state index contributed by atoms with van der Waals surface area (Å²) in [5.41, 5.74) is 0. The first-order chi connectivity index (χ1) is 6.96. The molecule has 0 spiro atoms. The minimum absolute atomic E-state index is 0.140. The topological polar surface area (TPSA) is 102 Å². The Kier molecular flexibility index (Phi) is 6.91. The first kappa shape index (κ1) is 14.7. The molecule has 0 aromatic carbocycles. The summed E-state index contributed by atoms with van der Waals surface area (Å²) in [6.07, 6.45) is -1.24. The van der Waals surface area contributed by atoms with Crippen molar-refractivity contribution in [1.29, 1.82) is 0 Å². The van der Waals surface area contributed by atoms with Gasteiger partial charge in [0.1, 0.15) is 18.5 Å². The molecule has 2 N–H and O–H groups in total. The number of aldehydes is 1. The van der Waals surface area contributed by atoms with Gasteiger partial charge in [0.25, 0.3) is 0 Å². The van der Waals surface area contributed by atoms with Crippen LogP contribution in [0.4, 0.5) is 0 Å². The summed E-state index contributed by atoms with van der Waals surface area (Å²) in [7, 11) is -1.94. The molecule has 7 nitrogen and oxygen atoms in total. The van der Waals surface area contributed by atoms with Crippen molar-refractivity contribution in [2.45, 2.75) is 12.2 Å². The fourth-order valence-corrected chi connectivity index (χ4v) is 1.38. The maximum Gasteiger partial charge on any atom is 0.472 e. The number of hydrogen-bond donors (Lipinski definition) is 2. The summed E-state index contributed by atoms with van der Waals surface area (Å²) in [4.78, 5) is 19.2. The molecule has 0 heterocycles. The van der Waals surface area contributed by atoms with Crippen LogP contribution >= 0.6 is 7.82 Å². The number of phosphoric ester groups is 1. The third-order valence-electron chi connectivity index (χ3n) is 1.47. The van der Waals surface area contributed by atoms with E-state index < -0.39 is 20.0 Å². The van der Waals surface area contributed by atoms with E-state index in [1.165, 1.54) is 7.11 Å². The van der Waals surface area contributed by atoms with Gasteiger partial charge in [0.15, 0.2) is 0 Å². The molecule has 0 rings (SSSR count). The number of hydrogen-bond acceptors (Lipinski definition) is 6. The largest absolute Gasteiger partial charge is 0.472 e. The fourth-order valence-electron chi connectivity index (χ4n) is 0.774. The predicted molar refractivity (Wildman–Crippen MR) is 50.0 cm³/mol. The second-order valence-electron chi connectivity index (χ2n) is 2.57. The zero-order chi connectivity index (χ0) is 11.9. The smallest absolute Gasteiger partial charge is 0.388 e. The number of ether oxygens (including phenoxy) is 1. The van der Waals surface area contributed by atoms with Crippen LogP contribution in [0.3, 0.4) is 0 Å². The van der Waals surface area contributed by atoms with Crippen molar-refractivity contribution in [2.75, 3.05) is 20.8 Å². The summed E-state index contributed by atoms with van der Waals surface area (Å²) >= 11 is 0. The van der Waals surface area contributed by atoms with Crippen molar-refractivity contribution in [3.8, 4) is 0 Å². The fraction of sp³-hybridized carbons (Fsp3) is 0.714. The van der Waals surface area contributed by atoms with Gasteiger partial charge in [-0.2, -0.15) is 0 Å². The Hall–Kier alpha value is -0.300. The zero-order valence-electron chi connectivity index (χ0n) is 8.40. The molecule has 0 bridgehead atoms. The van der Waals surface area contributed by atoms with E-state index in [-0.39, 0.29) is 6.61 Å². The van der Waals surface area contributed by atoms with Gasteiger partial charge in [-0.3, -0.25) is 9.05 Å². The molecule has 0 amide bonds. The molecule has 3 unspecified atom stereocenters. The van der Waals surface area contributed by atoms with Crippen LogP contribution in [0, 0.1) is 6.42 Å². The molecular formula is C7H14O7P. The summed E-state index contributed by atoms with van der Waals surface area (Å²) in [5, 5.41) is 9.37. The average molecular weight is 241 g/mol. The maximum absolute atomic E-state index is 11.0. The molecule has 0 fully saturated rings. The first-order valence-electron chi connectivity index (χ1n) is 3.99. The van der Waals surface area contributed by atoms with E-state index in [4.69, 9.17) is 4.89 Å². The third-order valence-corrected chi connectivity index (χ3v) is 2.44. The Balaban J connectivity index is 4.38. The molecule has 0 saturated heterocycles. The van der Waals surface area contributed by atoms with Crippen LogP contribution in [0.15, 0.2) is 0 Å². The molecule has 0 aliphatic rings. The van der Waals surface area contributed by atoms with Crippen LogP contribution in [0.1, 0.15) is 0 Å². The average Bonchev–Trinajstić information content (AvgIpc) is 2.17. The van der Waals surface area contributed by atoms with Crippen LogP contribution in [-0.2, 0) is 23.1 Å². The van der Waals surface area contributed by atoms with Crippen LogP contribution in [0.5, 0.6) is 0 Å². The summed E-state index contributed by atoms with van der Waals surface area (Å²) < 4.78 is 24.3. The van der Waals surface area contributed by atoms with E-state index in [1.807, 2.05) is 0 Å². The Labute approximate surface area is 87.6 Å². The normalized spacial score (nSPS) is 19.2. The van der Waals surface area contributed by atoms with Gasteiger partial charge < -0.3 is 19.5 Å². The molecule has 0 aliphatic heterocycles. The van der Waals surface area contributed by atoms with Gasteiger partial charge in [-0.25, -0.2) is 4.57 Å². The van der Waals surface area contributed by atoms with Gasteiger partial charge in [0, 0.05) is 14.2 Å². The van der Waals surface area contributed by atoms with E-state index in [9.17, 15) is 14.5 Å². The molecule has 89 valence electrons. The first-order valence-corrected chi connectivity index (χ1v) is 5.49. The van der Waals surface area contributed by atoms with Crippen LogP contribution in [-0.4, -0.2) is 49.3 Å². The molecule has 0 saturated carbocycles. The Bertz CT molecular complexity index is 231. The number of phosphoric acid groups is 1. The second-order valence-corrected chi connectivity index (χ2v) is 4.09. The highest BCUT2D eigenvalue weighted by Crippen LogP contribution is 2.44. The number of aliphatic hydroxyl groups is 1. The van der Waals surface area contributed by atoms with Gasteiger partial charge in [-0.1, -0.05) is 0 Å². The molecule has 3 atom stereocenters. The quantitative estimate of drug-likeness (QED) is 0.437. The van der Waals surface area contributed by atoms with Crippen molar-refractivity contribution in [3.63, 3.8) is 0 Å². The standard InChI is InChI=1S/C7H14O7P/c1-12-5-6(9)7(3-4-8)14-15(10,11)13-2/h3-4,6-7,9H,5H2,1-2H3,(H,10,11). The minimum atomic E-state index is -4.24. The van der Waals surface area contributed by atoms with Gasteiger partial charge in [-0.05, 0) is 0 Å². The zero-order valence-corrected chi connectivity index (χ0v) is 9.29. The van der Waals surface area contributed by atoms with E-state index in [1.54, 1.807) is 0 Å². The van der Waals surface area contributed by atoms with Crippen molar-refractivity contribution in [2.24, 2.45) is 0 Å². The van der Waals surface area contributed by atoms with Crippen LogP contribution in [0.2, 0.25) is 0 Å². The lowest BCUT2D eigenvalue weighted by Gasteiger charge is -2.21. The highest BCUT2D eigenvalue weighted by molar-refractivity contribution is 7.47. The van der Waals surface area contributed by atoms with E-state index >= 15 is 0 Å². The Morgan fingerprint density at radius 2 is 2.07 bits per heavy atom. The van der Waals surface area contributed by atoms with Crippen LogP contribution in [0.25, 0.3) is 0 Å². The van der Waals surface area contributed by atoms with Crippen molar-refractivity contribution < 1.29 is 33.1 Å². The predicted octanol–water partition coefficient (Wildman–Crippen LogP) is -0.471. The minimum Gasteiger partial charge on any atom is -0.388 e. The highest BCUT2D eigenvalue weighted by atomic mass is 31.2. The highest BCUT2D eigenvalue weighted by Gasteiger charge is 2.30. The molecule has 1 radical (unpaired) electrons. The van der Waals surface area contributed by atoms with Crippen molar-refractivity contribution >= 4 is 14.1 Å². The molecule has 8 heteroatoms. The monoisotopic (exact) mass is 241 g/mol. The molecule has 0 aromatic rings. The molecule has 0 aliphatic carbocycles. The third kappa shape index (κ3) is 5.99. The van der Waals surface area contributed by atoms with E-state index in [0.29, 0.717) is 6.29 Å². The molecular weight excluding hydrogens is 227 g/mol. The SMILES string of the molecule is COCC(O)C([CH]C=O)OP(=O)(O)OC. The number of aliphatic hydroxyl groups excluding tert-OH is 1. The molecule has 15 heavy (non-hydrogen) atoms. The van der Waals surface area contributed by atoms with Gasteiger partial charge >= 0.3 is 7.82 Å². The van der Waals surface area contributed by atoms with E-state index in [2.05, 4.69) is 13.8 Å². The number of carbonyl (C=O) groups is 1. The maximum atomic E-state index is 11.0. The van der Waals surface area contributed by atoms with Gasteiger partial charge in [-0.15, -0.1) is 0 Å². The Morgan fingerprint density at radius 3 is 2.47 bits per heavy atom. The van der Waals surface area contributed by atoms with Crippen LogP contribution < -0.4 is 0 Å². The van der Waals surface area contributed by atoms with Gasteiger partial charge in [0.2, 0.25) is 0 Å². The van der Waals surface area contributed by atoms with Crippen molar-refractivity contribution in [3.05, 3.63) is 6.42 Å². The van der Waals surface area contributed by atoms with Gasteiger partial charge in [0.05, 0.1) is 13.0 Å². The molecule has 0 aromatic heterocycles. The van der Waals surface area contributed by atoms with Crippen molar-refractivity contribution in [1.82, 2.24) is 0 Å². The lowest BCUT2D eigenvalue weighted by Crippen LogP contribution is -2.33. The summed E-state index contributed by atoms with van der Waals surface area (Å²) in [6.45, 7) is -0.140. The number of methoxy groups -OCH3 is 1. The summed E-state index contributed by atoms with van der Waals surface area (Å²) in [5.74, 6) is 0. The Morgan fingerprint density at radius 1 is 1.47 bits per heavy atom.